The van der Waals surface area contributed by atoms with E-state index in [0.29, 0.717) is 11.3 Å². The fourth-order valence-corrected chi connectivity index (χ4v) is 3.50. The molecule has 1 amide bonds. The Hall–Kier alpha value is -3.45. The third-order valence-electron chi connectivity index (χ3n) is 5.28. The lowest BCUT2D eigenvalue weighted by molar-refractivity contribution is 0.102. The maximum absolute atomic E-state index is 12.9. The normalized spacial score (nSPS) is 14.4. The number of rotatable bonds is 5. The minimum absolute atomic E-state index is 0.254. The standard InChI is InChI=1S/C23H25N5O2/c1-27-10-12-28(13-11-27)19-5-3-4-18(14-19)26-23(29)20-16-25-21(15-22(20)30-2)17-6-8-24-9-7-17/h3-9,14-16H,10-13H2,1-2H3,(H,26,29). The number of nitrogens with zero attached hydrogens (tertiary/aromatic N) is 4. The minimum atomic E-state index is -0.254. The second-order valence-corrected chi connectivity index (χ2v) is 7.30. The summed E-state index contributed by atoms with van der Waals surface area (Å²) in [6, 6.07) is 13.4. The van der Waals surface area contributed by atoms with Crippen LogP contribution in [-0.4, -0.2) is 61.1 Å². The van der Waals surface area contributed by atoms with Gasteiger partial charge in [-0.3, -0.25) is 14.8 Å². The second kappa shape index (κ2) is 8.92. The smallest absolute Gasteiger partial charge is 0.261 e. The number of ether oxygens (including phenoxy) is 1. The monoisotopic (exact) mass is 403 g/mol. The summed E-state index contributed by atoms with van der Waals surface area (Å²) in [5, 5.41) is 2.97. The average molecular weight is 403 g/mol. The third kappa shape index (κ3) is 4.41. The molecule has 2 aromatic heterocycles. The van der Waals surface area contributed by atoms with Crippen molar-refractivity contribution < 1.29 is 9.53 Å². The summed E-state index contributed by atoms with van der Waals surface area (Å²) in [6.07, 6.45) is 4.96. The van der Waals surface area contributed by atoms with Crippen LogP contribution in [0.2, 0.25) is 0 Å². The van der Waals surface area contributed by atoms with Crippen LogP contribution < -0.4 is 15.0 Å². The molecule has 0 bridgehead atoms. The first-order chi connectivity index (χ1) is 14.6. The molecule has 1 aliphatic heterocycles. The van der Waals surface area contributed by atoms with Gasteiger partial charge < -0.3 is 19.9 Å². The summed E-state index contributed by atoms with van der Waals surface area (Å²) < 4.78 is 5.47. The first-order valence-electron chi connectivity index (χ1n) is 9.93. The van der Waals surface area contributed by atoms with Gasteiger partial charge in [-0.2, -0.15) is 0 Å². The molecule has 154 valence electrons. The van der Waals surface area contributed by atoms with Crippen LogP contribution in [0.1, 0.15) is 10.4 Å². The zero-order valence-corrected chi connectivity index (χ0v) is 17.2. The number of piperazine rings is 1. The van der Waals surface area contributed by atoms with Gasteiger partial charge in [-0.05, 0) is 37.4 Å². The van der Waals surface area contributed by atoms with Crippen molar-refractivity contribution in [3.05, 3.63) is 66.6 Å². The maximum Gasteiger partial charge on any atom is 0.261 e. The van der Waals surface area contributed by atoms with E-state index in [1.165, 1.54) is 0 Å². The Kier molecular flexibility index (Phi) is 5.90. The highest BCUT2D eigenvalue weighted by Crippen LogP contribution is 2.26. The van der Waals surface area contributed by atoms with Crippen LogP contribution in [0, 0.1) is 0 Å². The third-order valence-corrected chi connectivity index (χ3v) is 5.28. The van der Waals surface area contributed by atoms with E-state index in [-0.39, 0.29) is 5.91 Å². The van der Waals surface area contributed by atoms with Crippen molar-refractivity contribution in [2.24, 2.45) is 0 Å². The molecule has 7 heteroatoms. The molecule has 30 heavy (non-hydrogen) atoms. The Labute approximate surface area is 176 Å². The predicted octanol–water partition coefficient (Wildman–Crippen LogP) is 3.16. The van der Waals surface area contributed by atoms with Gasteiger partial charge in [0.25, 0.3) is 5.91 Å². The van der Waals surface area contributed by atoms with Crippen molar-refractivity contribution in [2.75, 3.05) is 50.6 Å². The summed E-state index contributed by atoms with van der Waals surface area (Å²) in [5.41, 5.74) is 3.88. The van der Waals surface area contributed by atoms with Crippen molar-refractivity contribution in [3.8, 4) is 17.0 Å². The molecule has 0 radical (unpaired) electrons. The topological polar surface area (TPSA) is 70.6 Å². The van der Waals surface area contributed by atoms with Crippen molar-refractivity contribution in [3.63, 3.8) is 0 Å². The van der Waals surface area contributed by atoms with Crippen LogP contribution in [0.25, 0.3) is 11.3 Å². The van der Waals surface area contributed by atoms with E-state index in [1.54, 1.807) is 31.8 Å². The minimum Gasteiger partial charge on any atom is -0.496 e. The molecular formula is C23H25N5O2. The number of benzene rings is 1. The summed E-state index contributed by atoms with van der Waals surface area (Å²) in [4.78, 5) is 26.0. The first-order valence-corrected chi connectivity index (χ1v) is 9.93. The molecule has 4 rings (SSSR count). The molecule has 0 atom stereocenters. The molecule has 3 heterocycles. The Balaban J connectivity index is 1.52. The fourth-order valence-electron chi connectivity index (χ4n) is 3.50. The summed E-state index contributed by atoms with van der Waals surface area (Å²) in [6.45, 7) is 4.01. The van der Waals surface area contributed by atoms with Gasteiger partial charge in [0.1, 0.15) is 11.3 Å². The number of aromatic nitrogens is 2. The number of likely N-dealkylation sites (N-methyl/N-ethyl adjacent to an activating group) is 1. The van der Waals surface area contributed by atoms with Gasteiger partial charge in [-0.15, -0.1) is 0 Å². The Bertz CT molecular complexity index is 1020. The number of hydrogen-bond donors (Lipinski definition) is 1. The highest BCUT2D eigenvalue weighted by atomic mass is 16.5. The second-order valence-electron chi connectivity index (χ2n) is 7.30. The van der Waals surface area contributed by atoms with Crippen molar-refractivity contribution in [2.45, 2.75) is 0 Å². The number of hydrogen-bond acceptors (Lipinski definition) is 6. The molecule has 1 aromatic carbocycles. The van der Waals surface area contributed by atoms with Gasteiger partial charge in [-0.25, -0.2) is 0 Å². The van der Waals surface area contributed by atoms with E-state index in [1.807, 2.05) is 30.3 Å². The molecule has 1 saturated heterocycles. The van der Waals surface area contributed by atoms with Crippen LogP contribution in [0.4, 0.5) is 11.4 Å². The number of carbonyl (C=O) groups is 1. The SMILES string of the molecule is COc1cc(-c2ccncc2)ncc1C(=O)Nc1cccc(N2CCN(C)CC2)c1. The Morgan fingerprint density at radius 1 is 1.07 bits per heavy atom. The Morgan fingerprint density at radius 3 is 2.57 bits per heavy atom. The van der Waals surface area contributed by atoms with Crippen molar-refractivity contribution >= 4 is 17.3 Å². The lowest BCUT2D eigenvalue weighted by atomic mass is 10.1. The van der Waals surface area contributed by atoms with E-state index in [0.717, 1.165) is 48.8 Å². The van der Waals surface area contributed by atoms with Crippen LogP contribution >= 0.6 is 0 Å². The number of pyridine rings is 2. The number of amides is 1. The summed E-state index contributed by atoms with van der Waals surface area (Å²) >= 11 is 0. The quantitative estimate of drug-likeness (QED) is 0.706. The van der Waals surface area contributed by atoms with Gasteiger partial charge in [0.05, 0.1) is 12.8 Å². The molecule has 7 nitrogen and oxygen atoms in total. The highest BCUT2D eigenvalue weighted by Gasteiger charge is 2.17. The molecule has 1 fully saturated rings. The van der Waals surface area contributed by atoms with E-state index < -0.39 is 0 Å². The molecule has 0 aliphatic carbocycles. The molecule has 1 N–H and O–H groups in total. The largest absolute Gasteiger partial charge is 0.496 e. The zero-order chi connectivity index (χ0) is 20.9. The predicted molar refractivity (Wildman–Crippen MR) is 118 cm³/mol. The highest BCUT2D eigenvalue weighted by molar-refractivity contribution is 6.06. The molecule has 0 saturated carbocycles. The van der Waals surface area contributed by atoms with Crippen LogP contribution in [0.15, 0.2) is 61.1 Å². The van der Waals surface area contributed by atoms with Gasteiger partial charge in [-0.1, -0.05) is 6.07 Å². The molecule has 3 aromatic rings. The molecule has 1 aliphatic rings. The van der Waals surface area contributed by atoms with Gasteiger partial charge in [0, 0.05) is 67.8 Å². The van der Waals surface area contributed by atoms with Crippen LogP contribution in [0.5, 0.6) is 5.75 Å². The zero-order valence-electron chi connectivity index (χ0n) is 17.2. The van der Waals surface area contributed by atoms with Crippen molar-refractivity contribution in [1.29, 1.82) is 0 Å². The average Bonchev–Trinajstić information content (AvgIpc) is 2.80. The van der Waals surface area contributed by atoms with E-state index in [2.05, 4.69) is 38.2 Å². The van der Waals surface area contributed by atoms with E-state index >= 15 is 0 Å². The fraction of sp³-hybridized carbons (Fsp3) is 0.261. The van der Waals surface area contributed by atoms with E-state index in [4.69, 9.17) is 4.74 Å². The summed E-state index contributed by atoms with van der Waals surface area (Å²) in [5.74, 6) is 0.223. The summed E-state index contributed by atoms with van der Waals surface area (Å²) in [7, 11) is 3.69. The maximum atomic E-state index is 12.9. The van der Waals surface area contributed by atoms with Gasteiger partial charge in [0.2, 0.25) is 0 Å². The molecule has 0 unspecified atom stereocenters. The van der Waals surface area contributed by atoms with Gasteiger partial charge in [0.15, 0.2) is 0 Å². The number of carbonyl (C=O) groups excluding carboxylic acids is 1. The first kappa shape index (κ1) is 19.8. The Morgan fingerprint density at radius 2 is 1.83 bits per heavy atom. The van der Waals surface area contributed by atoms with Gasteiger partial charge >= 0.3 is 0 Å². The van der Waals surface area contributed by atoms with Crippen LogP contribution in [-0.2, 0) is 0 Å². The van der Waals surface area contributed by atoms with E-state index in [9.17, 15) is 4.79 Å². The molecular weight excluding hydrogens is 378 g/mol. The van der Waals surface area contributed by atoms with Crippen LogP contribution in [0.3, 0.4) is 0 Å². The molecule has 0 spiro atoms. The lowest BCUT2D eigenvalue weighted by Crippen LogP contribution is -2.44. The number of methoxy groups -OCH3 is 1. The number of nitrogens with one attached hydrogen (secondary N) is 1. The number of anilines is 2. The lowest BCUT2D eigenvalue weighted by Gasteiger charge is -2.34. The van der Waals surface area contributed by atoms with Crippen molar-refractivity contribution in [1.82, 2.24) is 14.9 Å².